The Morgan fingerprint density at radius 1 is 1.14 bits per heavy atom. The van der Waals surface area contributed by atoms with Gasteiger partial charge in [0.25, 0.3) is 0 Å². The summed E-state index contributed by atoms with van der Waals surface area (Å²) in [5.74, 6) is -4.43. The molecule has 0 radical (unpaired) electrons. The van der Waals surface area contributed by atoms with E-state index in [1.807, 2.05) is 0 Å². The van der Waals surface area contributed by atoms with E-state index in [1.54, 1.807) is 20.8 Å². The molecule has 0 aromatic heterocycles. The van der Waals surface area contributed by atoms with Gasteiger partial charge in [-0.05, 0) is 20.8 Å². The Balaban J connectivity index is 2.94. The van der Waals surface area contributed by atoms with E-state index in [4.69, 9.17) is 9.84 Å². The number of amides is 1. The number of hydrogen-bond donors (Lipinski definition) is 2. The summed E-state index contributed by atoms with van der Waals surface area (Å²) in [5, 5.41) is 19.1. The topological polar surface area (TPSA) is 113 Å². The van der Waals surface area contributed by atoms with Gasteiger partial charge in [0.2, 0.25) is 0 Å². The number of carbonyl (C=O) groups is 3. The second kappa shape index (κ2) is 6.30. The Morgan fingerprint density at radius 2 is 1.67 bits per heavy atom. The second-order valence-electron chi connectivity index (χ2n) is 5.95. The van der Waals surface area contributed by atoms with Gasteiger partial charge in [-0.3, -0.25) is 9.59 Å². The summed E-state index contributed by atoms with van der Waals surface area (Å²) in [4.78, 5) is 36.0. The quantitative estimate of drug-likeness (QED) is 0.695. The molecular weight excluding hydrogens is 282 g/mol. The fraction of sp³-hybridized carbons (Fsp3) is 0.769. The molecule has 0 aromatic rings. The fourth-order valence-electron chi connectivity index (χ4n) is 2.11. The molecule has 1 aliphatic heterocycles. The summed E-state index contributed by atoms with van der Waals surface area (Å²) in [7, 11) is 1.14. The van der Waals surface area contributed by atoms with Crippen LogP contribution >= 0.6 is 0 Å². The van der Waals surface area contributed by atoms with Crippen LogP contribution in [0.15, 0.2) is 0 Å². The summed E-state index contributed by atoms with van der Waals surface area (Å²) >= 11 is 0. The summed E-state index contributed by atoms with van der Waals surface area (Å²) < 4.78 is 9.71. The Kier molecular flexibility index (Phi) is 5.16. The molecule has 3 atom stereocenters. The molecule has 21 heavy (non-hydrogen) atoms. The molecule has 8 heteroatoms. The molecule has 0 bridgehead atoms. The molecule has 8 nitrogen and oxygen atoms in total. The number of aliphatic hydroxyl groups is 1. The lowest BCUT2D eigenvalue weighted by molar-refractivity contribution is -0.162. The van der Waals surface area contributed by atoms with Crippen molar-refractivity contribution in [2.24, 2.45) is 11.8 Å². The molecule has 1 saturated heterocycles. The zero-order valence-corrected chi connectivity index (χ0v) is 12.5. The second-order valence-corrected chi connectivity index (χ2v) is 5.95. The molecular formula is C13H21NO7. The molecule has 0 aliphatic carbocycles. The molecule has 0 spiro atoms. The number of aliphatic hydroxyl groups excluding tert-OH is 1. The normalized spacial score (nSPS) is 26.1. The van der Waals surface area contributed by atoms with Crippen molar-refractivity contribution >= 4 is 18.0 Å². The van der Waals surface area contributed by atoms with Crippen LogP contribution in [0.3, 0.4) is 0 Å². The maximum Gasteiger partial charge on any atom is 0.410 e. The number of piperidine rings is 1. The van der Waals surface area contributed by atoms with E-state index in [0.717, 1.165) is 12.0 Å². The number of rotatable bonds is 2. The summed E-state index contributed by atoms with van der Waals surface area (Å²) in [5.41, 5.74) is -0.743. The Bertz CT molecular complexity index is 429. The molecule has 1 fully saturated rings. The number of aliphatic carboxylic acids is 1. The summed E-state index contributed by atoms with van der Waals surface area (Å²) in [6, 6.07) is 0. The molecule has 1 amide bonds. The monoisotopic (exact) mass is 303 g/mol. The third-order valence-electron chi connectivity index (χ3n) is 3.13. The van der Waals surface area contributed by atoms with Crippen LogP contribution < -0.4 is 0 Å². The lowest BCUT2D eigenvalue weighted by atomic mass is 9.86. The van der Waals surface area contributed by atoms with Gasteiger partial charge in [-0.2, -0.15) is 0 Å². The number of likely N-dealkylation sites (tertiary alicyclic amines) is 1. The molecule has 1 heterocycles. The maximum absolute atomic E-state index is 12.0. The molecule has 0 unspecified atom stereocenters. The van der Waals surface area contributed by atoms with Crippen LogP contribution in [-0.4, -0.2) is 65.0 Å². The highest BCUT2D eigenvalue weighted by molar-refractivity contribution is 5.79. The number of nitrogens with zero attached hydrogens (tertiary/aromatic N) is 1. The highest BCUT2D eigenvalue weighted by atomic mass is 16.6. The van der Waals surface area contributed by atoms with Crippen LogP contribution in [-0.2, 0) is 19.1 Å². The number of esters is 1. The number of hydrogen-bond acceptors (Lipinski definition) is 6. The van der Waals surface area contributed by atoms with Crippen molar-refractivity contribution in [2.45, 2.75) is 32.5 Å². The summed E-state index contributed by atoms with van der Waals surface area (Å²) in [6.45, 7) is 4.66. The first-order valence-corrected chi connectivity index (χ1v) is 6.53. The average molecular weight is 303 g/mol. The minimum atomic E-state index is -1.41. The molecule has 1 rings (SSSR count). The third-order valence-corrected chi connectivity index (χ3v) is 3.13. The third kappa shape index (κ3) is 4.32. The molecule has 0 aromatic carbocycles. The van der Waals surface area contributed by atoms with Crippen molar-refractivity contribution in [3.63, 3.8) is 0 Å². The number of ether oxygens (including phenoxy) is 2. The first-order valence-electron chi connectivity index (χ1n) is 6.53. The Labute approximate surface area is 122 Å². The van der Waals surface area contributed by atoms with Crippen LogP contribution in [0.5, 0.6) is 0 Å². The lowest BCUT2D eigenvalue weighted by Crippen LogP contribution is -2.56. The fourth-order valence-corrected chi connectivity index (χ4v) is 2.11. The zero-order valence-electron chi connectivity index (χ0n) is 12.5. The van der Waals surface area contributed by atoms with E-state index in [-0.39, 0.29) is 13.1 Å². The average Bonchev–Trinajstić information content (AvgIpc) is 2.35. The van der Waals surface area contributed by atoms with Crippen LogP contribution in [0.25, 0.3) is 0 Å². The minimum Gasteiger partial charge on any atom is -0.481 e. The molecule has 2 N–H and O–H groups in total. The maximum atomic E-state index is 12.0. The van der Waals surface area contributed by atoms with E-state index in [0.29, 0.717) is 0 Å². The van der Waals surface area contributed by atoms with E-state index in [9.17, 15) is 19.5 Å². The van der Waals surface area contributed by atoms with Crippen LogP contribution in [0, 0.1) is 11.8 Å². The predicted octanol–water partition coefficient (Wildman–Crippen LogP) is 0.0880. The lowest BCUT2D eigenvalue weighted by Gasteiger charge is -2.38. The van der Waals surface area contributed by atoms with Crippen molar-refractivity contribution in [3.8, 4) is 0 Å². The molecule has 1 aliphatic rings. The van der Waals surface area contributed by atoms with E-state index in [1.165, 1.54) is 0 Å². The summed E-state index contributed by atoms with van der Waals surface area (Å²) in [6.07, 6.45) is -2.14. The number of carboxylic acids is 1. The SMILES string of the molecule is COC(=O)[C@@H]1CN(C(=O)OC(C)(C)C)C[C@H](C(=O)O)[C@@H]1O. The number of methoxy groups -OCH3 is 1. The van der Waals surface area contributed by atoms with E-state index in [2.05, 4.69) is 4.74 Å². The van der Waals surface area contributed by atoms with E-state index >= 15 is 0 Å². The van der Waals surface area contributed by atoms with Gasteiger partial charge in [0, 0.05) is 13.1 Å². The van der Waals surface area contributed by atoms with Gasteiger partial charge in [0.05, 0.1) is 13.2 Å². The zero-order chi connectivity index (χ0) is 16.4. The Hall–Kier alpha value is -1.83. The first-order chi connectivity index (χ1) is 9.56. The van der Waals surface area contributed by atoms with Gasteiger partial charge < -0.3 is 24.6 Å². The number of carbonyl (C=O) groups excluding carboxylic acids is 2. The van der Waals surface area contributed by atoms with Crippen LogP contribution in [0.2, 0.25) is 0 Å². The standard InChI is InChI=1S/C13H21NO7/c1-13(2,3)21-12(19)14-5-7(10(16)17)9(15)8(6-14)11(18)20-4/h7-9,15H,5-6H2,1-4H3,(H,16,17)/t7-,8+,9-/m0/s1. The smallest absolute Gasteiger partial charge is 0.410 e. The van der Waals surface area contributed by atoms with Gasteiger partial charge in [-0.25, -0.2) is 4.79 Å². The molecule has 0 saturated carbocycles. The van der Waals surface area contributed by atoms with Gasteiger partial charge in [-0.1, -0.05) is 0 Å². The minimum absolute atomic E-state index is 0.146. The predicted molar refractivity (Wildman–Crippen MR) is 70.4 cm³/mol. The van der Waals surface area contributed by atoms with Crippen molar-refractivity contribution in [1.29, 1.82) is 0 Å². The first kappa shape index (κ1) is 17.2. The highest BCUT2D eigenvalue weighted by Crippen LogP contribution is 2.25. The van der Waals surface area contributed by atoms with Gasteiger partial charge in [-0.15, -0.1) is 0 Å². The van der Waals surface area contributed by atoms with Gasteiger partial charge >= 0.3 is 18.0 Å². The van der Waals surface area contributed by atoms with Gasteiger partial charge in [0.1, 0.15) is 17.4 Å². The van der Waals surface area contributed by atoms with Gasteiger partial charge in [0.15, 0.2) is 0 Å². The highest BCUT2D eigenvalue weighted by Gasteiger charge is 2.45. The van der Waals surface area contributed by atoms with Crippen molar-refractivity contribution in [2.75, 3.05) is 20.2 Å². The van der Waals surface area contributed by atoms with Crippen molar-refractivity contribution in [3.05, 3.63) is 0 Å². The van der Waals surface area contributed by atoms with Crippen LogP contribution in [0.1, 0.15) is 20.8 Å². The van der Waals surface area contributed by atoms with Crippen molar-refractivity contribution < 1.29 is 34.1 Å². The van der Waals surface area contributed by atoms with E-state index < -0.39 is 41.6 Å². The largest absolute Gasteiger partial charge is 0.481 e. The van der Waals surface area contributed by atoms with Crippen LogP contribution in [0.4, 0.5) is 4.79 Å². The van der Waals surface area contributed by atoms with Crippen molar-refractivity contribution in [1.82, 2.24) is 4.90 Å². The number of carboxylic acid groups (broad SMARTS) is 1. The molecule has 120 valence electrons. The Morgan fingerprint density at radius 3 is 2.10 bits per heavy atom.